The summed E-state index contributed by atoms with van der Waals surface area (Å²) in [5.41, 5.74) is 0.314. The maximum absolute atomic E-state index is 12.1. The van der Waals surface area contributed by atoms with Gasteiger partial charge in [-0.2, -0.15) is 0 Å². The van der Waals surface area contributed by atoms with E-state index >= 15 is 0 Å². The topological polar surface area (TPSA) is 76.4 Å². The summed E-state index contributed by atoms with van der Waals surface area (Å²) >= 11 is 2.95. The monoisotopic (exact) mass is 397 g/mol. The Morgan fingerprint density at radius 2 is 2.00 bits per heavy atom. The molecule has 118 valence electrons. The standard InChI is InChI=1S/C13H17BrClNO4S/c1-13(2)5-3-8(4-6-13)16-12(17)9-7-10(11(14)20-9)21(15,18)19/h7-8H,3-6H2,1-2H3,(H,16,17). The van der Waals surface area contributed by atoms with Crippen molar-refractivity contribution < 1.29 is 17.6 Å². The fraction of sp³-hybridized carbons (Fsp3) is 0.615. The summed E-state index contributed by atoms with van der Waals surface area (Å²) in [4.78, 5) is 11.9. The number of nitrogens with one attached hydrogen (secondary N) is 1. The summed E-state index contributed by atoms with van der Waals surface area (Å²) in [5.74, 6) is -0.488. The summed E-state index contributed by atoms with van der Waals surface area (Å²) in [6.07, 6.45) is 3.89. The number of halogens is 2. The molecule has 0 saturated heterocycles. The first kappa shape index (κ1) is 16.8. The van der Waals surface area contributed by atoms with Gasteiger partial charge in [-0.25, -0.2) is 8.42 Å². The first-order valence-corrected chi connectivity index (χ1v) is 9.74. The first-order valence-electron chi connectivity index (χ1n) is 6.63. The van der Waals surface area contributed by atoms with Crippen molar-refractivity contribution in [3.8, 4) is 0 Å². The molecule has 21 heavy (non-hydrogen) atoms. The zero-order valence-corrected chi connectivity index (χ0v) is 14.9. The highest BCUT2D eigenvalue weighted by Crippen LogP contribution is 2.35. The highest BCUT2D eigenvalue weighted by Gasteiger charge is 2.29. The molecule has 0 atom stereocenters. The Kier molecular flexibility index (Phi) is 4.75. The molecule has 0 bridgehead atoms. The Balaban J connectivity index is 2.05. The van der Waals surface area contributed by atoms with Crippen LogP contribution in [0.15, 0.2) is 20.0 Å². The van der Waals surface area contributed by atoms with E-state index in [1.807, 2.05) is 0 Å². The van der Waals surface area contributed by atoms with Crippen LogP contribution in [0.4, 0.5) is 0 Å². The predicted octanol–water partition coefficient (Wildman–Crippen LogP) is 3.67. The molecule has 0 unspecified atom stereocenters. The molecule has 0 aromatic carbocycles. The van der Waals surface area contributed by atoms with Gasteiger partial charge in [0.05, 0.1) is 0 Å². The van der Waals surface area contributed by atoms with E-state index in [0.29, 0.717) is 5.41 Å². The summed E-state index contributed by atoms with van der Waals surface area (Å²) < 4.78 is 27.7. The zero-order valence-electron chi connectivity index (χ0n) is 11.8. The average Bonchev–Trinajstić information content (AvgIpc) is 2.74. The molecule has 8 heteroatoms. The van der Waals surface area contributed by atoms with E-state index in [2.05, 4.69) is 35.1 Å². The van der Waals surface area contributed by atoms with Crippen molar-refractivity contribution >= 4 is 41.6 Å². The van der Waals surface area contributed by atoms with Crippen LogP contribution in [0.3, 0.4) is 0 Å². The van der Waals surface area contributed by atoms with Crippen LogP contribution in [-0.4, -0.2) is 20.4 Å². The van der Waals surface area contributed by atoms with Gasteiger partial charge in [0, 0.05) is 22.8 Å². The minimum absolute atomic E-state index is 0.0626. The fourth-order valence-electron chi connectivity index (χ4n) is 2.43. The number of furan rings is 1. The van der Waals surface area contributed by atoms with Gasteiger partial charge in [-0.05, 0) is 47.0 Å². The van der Waals surface area contributed by atoms with Crippen LogP contribution in [0, 0.1) is 5.41 Å². The molecule has 1 N–H and O–H groups in total. The molecule has 1 heterocycles. The molecule has 2 rings (SSSR count). The van der Waals surface area contributed by atoms with Crippen molar-refractivity contribution in [3.05, 3.63) is 16.5 Å². The number of hydrogen-bond donors (Lipinski definition) is 1. The van der Waals surface area contributed by atoms with E-state index in [4.69, 9.17) is 15.1 Å². The molecular weight excluding hydrogens is 382 g/mol. The number of amides is 1. The Morgan fingerprint density at radius 3 is 2.48 bits per heavy atom. The SMILES string of the molecule is CC1(C)CCC(NC(=O)c2cc(S(=O)(=O)Cl)c(Br)o2)CC1. The molecule has 5 nitrogen and oxygen atoms in total. The van der Waals surface area contributed by atoms with Gasteiger partial charge < -0.3 is 9.73 Å². The second-order valence-electron chi connectivity index (χ2n) is 6.10. The van der Waals surface area contributed by atoms with Crippen molar-refractivity contribution in [2.45, 2.75) is 50.5 Å². The summed E-state index contributed by atoms with van der Waals surface area (Å²) in [6, 6.07) is 1.22. The zero-order chi connectivity index (χ0) is 15.8. The van der Waals surface area contributed by atoms with Crippen LogP contribution < -0.4 is 5.32 Å². The third-order valence-electron chi connectivity index (χ3n) is 3.82. The lowest BCUT2D eigenvalue weighted by molar-refractivity contribution is 0.0880. The van der Waals surface area contributed by atoms with Crippen LogP contribution in [0.1, 0.15) is 50.1 Å². The third kappa shape index (κ3) is 4.23. The average molecular weight is 399 g/mol. The molecule has 0 aliphatic heterocycles. The summed E-state index contributed by atoms with van der Waals surface area (Å²) in [7, 11) is 1.31. The fourth-order valence-corrected chi connectivity index (χ4v) is 4.46. The largest absolute Gasteiger partial charge is 0.443 e. The van der Waals surface area contributed by atoms with Gasteiger partial charge in [0.15, 0.2) is 10.4 Å². The minimum atomic E-state index is -3.94. The van der Waals surface area contributed by atoms with E-state index in [9.17, 15) is 13.2 Å². The van der Waals surface area contributed by atoms with Crippen LogP contribution in [0.25, 0.3) is 0 Å². The van der Waals surface area contributed by atoms with Crippen LogP contribution in [0.2, 0.25) is 0 Å². The molecular formula is C13H17BrClNO4S. The van der Waals surface area contributed by atoms with Crippen LogP contribution in [0.5, 0.6) is 0 Å². The third-order valence-corrected chi connectivity index (χ3v) is 6.00. The lowest BCUT2D eigenvalue weighted by Gasteiger charge is -2.34. The molecule has 1 aromatic rings. The first-order chi connectivity index (χ1) is 9.58. The van der Waals surface area contributed by atoms with Gasteiger partial charge in [0.1, 0.15) is 4.90 Å². The van der Waals surface area contributed by atoms with Crippen molar-refractivity contribution in [1.82, 2.24) is 5.32 Å². The number of carbonyl (C=O) groups is 1. The molecule has 1 aliphatic rings. The van der Waals surface area contributed by atoms with E-state index in [1.54, 1.807) is 0 Å². The Hall–Kier alpha value is -0.530. The van der Waals surface area contributed by atoms with Crippen molar-refractivity contribution in [2.24, 2.45) is 5.41 Å². The van der Waals surface area contributed by atoms with Crippen LogP contribution in [-0.2, 0) is 9.05 Å². The van der Waals surface area contributed by atoms with Gasteiger partial charge in [0.2, 0.25) is 0 Å². The lowest BCUT2D eigenvalue weighted by atomic mass is 9.75. The summed E-state index contributed by atoms with van der Waals surface area (Å²) in [5, 5.41) is 2.87. The maximum Gasteiger partial charge on any atom is 0.287 e. The van der Waals surface area contributed by atoms with E-state index in [-0.39, 0.29) is 21.4 Å². The second-order valence-corrected chi connectivity index (χ2v) is 9.35. The van der Waals surface area contributed by atoms with Gasteiger partial charge in [-0.3, -0.25) is 4.79 Å². The maximum atomic E-state index is 12.1. The van der Waals surface area contributed by atoms with Crippen molar-refractivity contribution in [3.63, 3.8) is 0 Å². The predicted molar refractivity (Wildman–Crippen MR) is 83.0 cm³/mol. The van der Waals surface area contributed by atoms with Crippen molar-refractivity contribution in [1.29, 1.82) is 0 Å². The smallest absolute Gasteiger partial charge is 0.287 e. The van der Waals surface area contributed by atoms with E-state index < -0.39 is 15.0 Å². The molecule has 1 aromatic heterocycles. The normalized spacial score (nSPS) is 19.4. The van der Waals surface area contributed by atoms with E-state index in [0.717, 1.165) is 31.7 Å². The highest BCUT2D eigenvalue weighted by atomic mass is 79.9. The molecule has 1 saturated carbocycles. The number of hydrogen-bond acceptors (Lipinski definition) is 4. The number of rotatable bonds is 3. The van der Waals surface area contributed by atoms with Gasteiger partial charge in [-0.15, -0.1) is 0 Å². The van der Waals surface area contributed by atoms with Gasteiger partial charge >= 0.3 is 0 Å². The quantitative estimate of drug-likeness (QED) is 0.788. The Morgan fingerprint density at radius 1 is 1.43 bits per heavy atom. The molecule has 1 amide bonds. The molecule has 0 spiro atoms. The molecule has 1 fully saturated rings. The highest BCUT2D eigenvalue weighted by molar-refractivity contribution is 9.10. The molecule has 1 aliphatic carbocycles. The lowest BCUT2D eigenvalue weighted by Crippen LogP contribution is -2.39. The van der Waals surface area contributed by atoms with Gasteiger partial charge in [-0.1, -0.05) is 13.8 Å². The second kappa shape index (κ2) is 5.93. The van der Waals surface area contributed by atoms with Gasteiger partial charge in [0.25, 0.3) is 15.0 Å². The minimum Gasteiger partial charge on any atom is -0.443 e. The van der Waals surface area contributed by atoms with E-state index in [1.165, 1.54) is 0 Å². The van der Waals surface area contributed by atoms with Crippen LogP contribution >= 0.6 is 26.6 Å². The number of carbonyl (C=O) groups excluding carboxylic acids is 1. The Labute approximate surface area is 137 Å². The molecule has 0 radical (unpaired) electrons. The van der Waals surface area contributed by atoms with Crippen molar-refractivity contribution in [2.75, 3.05) is 0 Å². The summed E-state index contributed by atoms with van der Waals surface area (Å²) in [6.45, 7) is 4.43. The Bertz CT molecular complexity index is 643.